The van der Waals surface area contributed by atoms with E-state index >= 15 is 0 Å². The third-order valence-electron chi connectivity index (χ3n) is 3.28. The van der Waals surface area contributed by atoms with Gasteiger partial charge in [0.15, 0.2) is 0 Å². The van der Waals surface area contributed by atoms with Gasteiger partial charge in [-0.1, -0.05) is 54.6 Å². The van der Waals surface area contributed by atoms with Gasteiger partial charge in [0.2, 0.25) is 5.91 Å². The number of hydrogen-bond acceptors (Lipinski definition) is 3. The first-order chi connectivity index (χ1) is 10.7. The number of carbonyl (C=O) groups is 1. The van der Waals surface area contributed by atoms with Crippen LogP contribution < -0.4 is 5.32 Å². The number of ether oxygens (including phenoxy) is 2. The van der Waals surface area contributed by atoms with Crippen LogP contribution in [0.1, 0.15) is 18.5 Å². The molecular formula is C18H21NO3. The first-order valence-corrected chi connectivity index (χ1v) is 7.20. The second-order valence-electron chi connectivity index (χ2n) is 5.02. The lowest BCUT2D eigenvalue weighted by Crippen LogP contribution is -2.29. The SMILES string of the molecule is COCOCC(NC(C)=O)c1ccc(-c2ccccc2)cc1. The Morgan fingerprint density at radius 3 is 2.27 bits per heavy atom. The minimum Gasteiger partial charge on any atom is -0.359 e. The predicted octanol–water partition coefficient (Wildman–Crippen LogP) is 3.15. The quantitative estimate of drug-likeness (QED) is 0.631. The summed E-state index contributed by atoms with van der Waals surface area (Å²) < 4.78 is 10.3. The van der Waals surface area contributed by atoms with E-state index in [1.807, 2.05) is 30.3 Å². The lowest BCUT2D eigenvalue weighted by Gasteiger charge is -2.18. The highest BCUT2D eigenvalue weighted by atomic mass is 16.7. The molecular weight excluding hydrogens is 278 g/mol. The monoisotopic (exact) mass is 299 g/mol. The van der Waals surface area contributed by atoms with Crippen LogP contribution in [0.15, 0.2) is 54.6 Å². The summed E-state index contributed by atoms with van der Waals surface area (Å²) in [6, 6.07) is 18.1. The van der Waals surface area contributed by atoms with Crippen molar-refractivity contribution in [1.82, 2.24) is 5.32 Å². The third-order valence-corrected chi connectivity index (χ3v) is 3.28. The van der Waals surface area contributed by atoms with Crippen molar-refractivity contribution in [3.8, 4) is 11.1 Å². The first-order valence-electron chi connectivity index (χ1n) is 7.20. The van der Waals surface area contributed by atoms with Gasteiger partial charge in [-0.2, -0.15) is 0 Å². The third kappa shape index (κ3) is 4.69. The van der Waals surface area contributed by atoms with Crippen LogP contribution in [-0.2, 0) is 14.3 Å². The van der Waals surface area contributed by atoms with Crippen molar-refractivity contribution in [3.63, 3.8) is 0 Å². The van der Waals surface area contributed by atoms with Gasteiger partial charge >= 0.3 is 0 Å². The molecule has 2 aromatic rings. The van der Waals surface area contributed by atoms with E-state index in [9.17, 15) is 4.79 Å². The van der Waals surface area contributed by atoms with Crippen LogP contribution >= 0.6 is 0 Å². The molecule has 0 heterocycles. The van der Waals surface area contributed by atoms with Crippen LogP contribution in [0.5, 0.6) is 0 Å². The summed E-state index contributed by atoms with van der Waals surface area (Å²) in [4.78, 5) is 11.4. The summed E-state index contributed by atoms with van der Waals surface area (Å²) in [5.41, 5.74) is 3.32. The first kappa shape index (κ1) is 16.2. The van der Waals surface area contributed by atoms with Crippen LogP contribution in [-0.4, -0.2) is 26.4 Å². The number of hydrogen-bond donors (Lipinski definition) is 1. The van der Waals surface area contributed by atoms with Gasteiger partial charge in [0, 0.05) is 14.0 Å². The highest BCUT2D eigenvalue weighted by molar-refractivity contribution is 5.73. The zero-order valence-electron chi connectivity index (χ0n) is 12.9. The number of rotatable bonds is 7. The van der Waals surface area contributed by atoms with Gasteiger partial charge in [0.25, 0.3) is 0 Å². The van der Waals surface area contributed by atoms with E-state index in [1.54, 1.807) is 7.11 Å². The second kappa shape index (κ2) is 8.32. The molecule has 1 N–H and O–H groups in total. The molecule has 0 spiro atoms. The van der Waals surface area contributed by atoms with Crippen molar-refractivity contribution >= 4 is 5.91 Å². The largest absolute Gasteiger partial charge is 0.359 e. The molecule has 4 nitrogen and oxygen atoms in total. The maximum atomic E-state index is 11.4. The van der Waals surface area contributed by atoms with Crippen LogP contribution in [0, 0.1) is 0 Å². The van der Waals surface area contributed by atoms with E-state index in [0.29, 0.717) is 6.61 Å². The zero-order valence-corrected chi connectivity index (χ0v) is 12.9. The molecule has 0 aliphatic heterocycles. The van der Waals surface area contributed by atoms with Crippen LogP contribution in [0.25, 0.3) is 11.1 Å². The summed E-state index contributed by atoms with van der Waals surface area (Å²) in [5, 5.41) is 2.89. The van der Waals surface area contributed by atoms with E-state index in [2.05, 4.69) is 29.6 Å². The highest BCUT2D eigenvalue weighted by Crippen LogP contribution is 2.22. The van der Waals surface area contributed by atoms with Crippen LogP contribution in [0.4, 0.5) is 0 Å². The lowest BCUT2D eigenvalue weighted by molar-refractivity contribution is -0.120. The van der Waals surface area contributed by atoms with Gasteiger partial charge in [0.1, 0.15) is 6.79 Å². The normalized spacial score (nSPS) is 11.9. The van der Waals surface area contributed by atoms with Crippen molar-refractivity contribution in [1.29, 1.82) is 0 Å². The molecule has 0 aliphatic rings. The van der Waals surface area contributed by atoms with Gasteiger partial charge in [0.05, 0.1) is 12.6 Å². The highest BCUT2D eigenvalue weighted by Gasteiger charge is 2.13. The topological polar surface area (TPSA) is 47.6 Å². The molecule has 0 aliphatic carbocycles. The fourth-order valence-corrected chi connectivity index (χ4v) is 2.25. The minimum absolute atomic E-state index is 0.0850. The molecule has 22 heavy (non-hydrogen) atoms. The Balaban J connectivity index is 2.12. The van der Waals surface area contributed by atoms with Crippen molar-refractivity contribution in [2.24, 2.45) is 0 Å². The molecule has 0 radical (unpaired) electrons. The Morgan fingerprint density at radius 2 is 1.68 bits per heavy atom. The van der Waals surface area contributed by atoms with Crippen LogP contribution in [0.3, 0.4) is 0 Å². The summed E-state index contributed by atoms with van der Waals surface area (Å²) in [6.45, 7) is 2.08. The Morgan fingerprint density at radius 1 is 1.05 bits per heavy atom. The van der Waals surface area contributed by atoms with Crippen molar-refractivity contribution in [2.45, 2.75) is 13.0 Å². The molecule has 2 aromatic carbocycles. The predicted molar refractivity (Wildman–Crippen MR) is 86.3 cm³/mol. The fraction of sp³-hybridized carbons (Fsp3) is 0.278. The lowest BCUT2D eigenvalue weighted by atomic mass is 10.0. The summed E-state index contributed by atoms with van der Waals surface area (Å²) in [6.07, 6.45) is 0. The van der Waals surface area contributed by atoms with Crippen molar-refractivity contribution in [2.75, 3.05) is 20.5 Å². The summed E-state index contributed by atoms with van der Waals surface area (Å²) in [5.74, 6) is -0.0850. The Bertz CT molecular complexity index is 581. The molecule has 0 bridgehead atoms. The molecule has 0 aromatic heterocycles. The molecule has 116 valence electrons. The molecule has 2 rings (SSSR count). The van der Waals surface area contributed by atoms with Crippen molar-refractivity contribution < 1.29 is 14.3 Å². The summed E-state index contributed by atoms with van der Waals surface area (Å²) in [7, 11) is 1.57. The molecule has 4 heteroatoms. The van der Waals surface area contributed by atoms with E-state index in [-0.39, 0.29) is 18.7 Å². The van der Waals surface area contributed by atoms with Gasteiger partial charge in [-0.15, -0.1) is 0 Å². The van der Waals surface area contributed by atoms with E-state index < -0.39 is 0 Å². The molecule has 0 fully saturated rings. The average Bonchev–Trinajstić information content (AvgIpc) is 2.55. The molecule has 1 amide bonds. The van der Waals surface area contributed by atoms with Gasteiger partial charge < -0.3 is 14.8 Å². The number of amides is 1. The van der Waals surface area contributed by atoms with E-state index in [4.69, 9.17) is 9.47 Å². The Hall–Kier alpha value is -2.17. The smallest absolute Gasteiger partial charge is 0.217 e. The molecule has 0 saturated carbocycles. The maximum absolute atomic E-state index is 11.4. The van der Waals surface area contributed by atoms with Gasteiger partial charge in [-0.05, 0) is 16.7 Å². The molecule has 0 saturated heterocycles. The Kier molecular flexibility index (Phi) is 6.13. The van der Waals surface area contributed by atoms with Gasteiger partial charge in [-0.3, -0.25) is 4.79 Å². The van der Waals surface area contributed by atoms with E-state index in [1.165, 1.54) is 12.5 Å². The standard InChI is InChI=1S/C18H21NO3/c1-14(20)19-18(12-22-13-21-2)17-10-8-16(9-11-17)15-6-4-3-5-7-15/h3-11,18H,12-13H2,1-2H3,(H,19,20). The van der Waals surface area contributed by atoms with Gasteiger partial charge in [-0.25, -0.2) is 0 Å². The van der Waals surface area contributed by atoms with Crippen LogP contribution in [0.2, 0.25) is 0 Å². The Labute approximate surface area is 131 Å². The number of carbonyl (C=O) groups excluding carboxylic acids is 1. The zero-order chi connectivity index (χ0) is 15.8. The minimum atomic E-state index is -0.183. The van der Waals surface area contributed by atoms with Crippen molar-refractivity contribution in [3.05, 3.63) is 60.2 Å². The number of benzene rings is 2. The number of nitrogens with one attached hydrogen (secondary N) is 1. The maximum Gasteiger partial charge on any atom is 0.217 e. The second-order valence-corrected chi connectivity index (χ2v) is 5.02. The molecule has 1 atom stereocenters. The number of methoxy groups -OCH3 is 1. The summed E-state index contributed by atoms with van der Waals surface area (Å²) >= 11 is 0. The average molecular weight is 299 g/mol. The fourth-order valence-electron chi connectivity index (χ4n) is 2.25. The molecule has 1 unspecified atom stereocenters. The van der Waals surface area contributed by atoms with E-state index in [0.717, 1.165) is 11.1 Å².